The molecule has 0 saturated heterocycles. The highest BCUT2D eigenvalue weighted by Gasteiger charge is 2.51. The second-order valence-corrected chi connectivity index (χ2v) is 9.71. The third-order valence-corrected chi connectivity index (χ3v) is 8.02. The zero-order valence-corrected chi connectivity index (χ0v) is 15.6. The average molecular weight is 296 g/mol. The van der Waals surface area contributed by atoms with Crippen LogP contribution < -0.4 is 0 Å². The summed E-state index contributed by atoms with van der Waals surface area (Å²) in [6.45, 7) is 19.4. The largest absolute Gasteiger partial charge is 0.0768 e. The summed E-state index contributed by atoms with van der Waals surface area (Å²) in [7, 11) is 0. The van der Waals surface area contributed by atoms with E-state index in [0.29, 0.717) is 11.8 Å². The minimum absolute atomic E-state index is 0.163. The van der Waals surface area contributed by atoms with Gasteiger partial charge in [-0.1, -0.05) is 91.8 Å². The molecule has 3 aliphatic rings. The molecule has 0 heteroatoms. The van der Waals surface area contributed by atoms with E-state index in [4.69, 9.17) is 0 Å². The van der Waals surface area contributed by atoms with Crippen molar-refractivity contribution >= 4 is 0 Å². The quantitative estimate of drug-likeness (QED) is 0.490. The Balaban J connectivity index is 2.25. The Bertz CT molecular complexity index is 558. The number of hydrogen-bond donors (Lipinski definition) is 0. The fraction of sp³-hybridized carbons (Fsp3) is 0.636. The molecule has 0 aliphatic heterocycles. The predicted molar refractivity (Wildman–Crippen MR) is 96.6 cm³/mol. The molecule has 0 aromatic heterocycles. The van der Waals surface area contributed by atoms with Gasteiger partial charge in [0, 0.05) is 11.8 Å². The van der Waals surface area contributed by atoms with Crippen LogP contribution in [0.3, 0.4) is 0 Å². The molecule has 120 valence electrons. The van der Waals surface area contributed by atoms with Gasteiger partial charge in [-0.3, -0.25) is 0 Å². The Morgan fingerprint density at radius 1 is 0.591 bits per heavy atom. The fourth-order valence-electron chi connectivity index (χ4n) is 4.33. The fourth-order valence-corrected chi connectivity index (χ4v) is 4.33. The van der Waals surface area contributed by atoms with Gasteiger partial charge in [-0.25, -0.2) is 0 Å². The van der Waals surface area contributed by atoms with Crippen LogP contribution in [-0.4, -0.2) is 0 Å². The molecule has 0 aromatic carbocycles. The van der Waals surface area contributed by atoms with Crippen LogP contribution in [0.2, 0.25) is 0 Å². The summed E-state index contributed by atoms with van der Waals surface area (Å²) in [5, 5.41) is 0. The third kappa shape index (κ3) is 1.76. The van der Waals surface area contributed by atoms with Crippen molar-refractivity contribution in [2.75, 3.05) is 0 Å². The van der Waals surface area contributed by atoms with Gasteiger partial charge in [-0.05, 0) is 32.8 Å². The van der Waals surface area contributed by atoms with Crippen LogP contribution in [0.1, 0.15) is 55.4 Å². The second kappa shape index (κ2) is 4.28. The van der Waals surface area contributed by atoms with Gasteiger partial charge in [-0.2, -0.15) is 0 Å². The summed E-state index contributed by atoms with van der Waals surface area (Å²) in [5.41, 5.74) is 3.77. The molecule has 0 radical (unpaired) electrons. The van der Waals surface area contributed by atoms with Crippen LogP contribution in [0.4, 0.5) is 0 Å². The lowest BCUT2D eigenvalue weighted by atomic mass is 9.55. The molecule has 0 spiro atoms. The molecule has 3 aliphatic carbocycles. The Hall–Kier alpha value is -1.04. The maximum absolute atomic E-state index is 2.55. The van der Waals surface area contributed by atoms with Crippen molar-refractivity contribution in [2.45, 2.75) is 55.4 Å². The summed E-state index contributed by atoms with van der Waals surface area (Å²) in [4.78, 5) is 0. The van der Waals surface area contributed by atoms with E-state index in [1.165, 1.54) is 11.1 Å². The van der Waals surface area contributed by atoms with Gasteiger partial charge in [0.25, 0.3) is 0 Å². The lowest BCUT2D eigenvalue weighted by Crippen LogP contribution is -2.41. The van der Waals surface area contributed by atoms with Crippen molar-refractivity contribution in [1.82, 2.24) is 0 Å². The molecule has 2 unspecified atom stereocenters. The smallest absolute Gasteiger partial charge is 0.00153 e. The first-order chi connectivity index (χ1) is 9.92. The monoisotopic (exact) mass is 296 g/mol. The van der Waals surface area contributed by atoms with E-state index in [0.717, 1.165) is 0 Å². The maximum Gasteiger partial charge on any atom is 0.00153 e. The Kier molecular flexibility index (Phi) is 3.08. The molecule has 2 atom stereocenters. The van der Waals surface area contributed by atoms with Gasteiger partial charge in [0.05, 0.1) is 0 Å². The number of fused-ring (bicyclic) bond motifs is 2. The molecule has 0 N–H and O–H groups in total. The minimum Gasteiger partial charge on any atom is -0.0768 e. The van der Waals surface area contributed by atoms with Crippen LogP contribution in [0, 0.1) is 33.5 Å². The summed E-state index contributed by atoms with van der Waals surface area (Å²) >= 11 is 0. The minimum atomic E-state index is 0.163. The van der Waals surface area contributed by atoms with Crippen LogP contribution in [-0.2, 0) is 0 Å². The Morgan fingerprint density at radius 2 is 0.909 bits per heavy atom. The molecule has 0 fully saturated rings. The average Bonchev–Trinajstić information content (AvgIpc) is 3.07. The van der Waals surface area contributed by atoms with Gasteiger partial charge in [0.1, 0.15) is 0 Å². The normalized spacial score (nSPS) is 36.0. The molecular formula is C22H32. The van der Waals surface area contributed by atoms with Crippen molar-refractivity contribution in [1.29, 1.82) is 0 Å². The molecule has 0 saturated carbocycles. The molecule has 0 amide bonds. The topological polar surface area (TPSA) is 0 Å². The zero-order chi connectivity index (χ0) is 16.6. The van der Waals surface area contributed by atoms with Crippen LogP contribution in [0.15, 0.2) is 47.6 Å². The first kappa shape index (κ1) is 15.8. The van der Waals surface area contributed by atoms with Crippen molar-refractivity contribution in [3.63, 3.8) is 0 Å². The molecule has 22 heavy (non-hydrogen) atoms. The molecule has 0 aromatic rings. The summed E-state index contributed by atoms with van der Waals surface area (Å²) < 4.78 is 0. The predicted octanol–water partition coefficient (Wildman–Crippen LogP) is 6.33. The summed E-state index contributed by atoms with van der Waals surface area (Å²) in [5.74, 6) is 1.03. The first-order valence-electron chi connectivity index (χ1n) is 8.73. The summed E-state index contributed by atoms with van der Waals surface area (Å²) in [6, 6.07) is 0. The van der Waals surface area contributed by atoms with Crippen LogP contribution in [0.25, 0.3) is 0 Å². The van der Waals surface area contributed by atoms with Crippen LogP contribution >= 0.6 is 0 Å². The highest BCUT2D eigenvalue weighted by Crippen LogP contribution is 2.60. The van der Waals surface area contributed by atoms with Gasteiger partial charge >= 0.3 is 0 Å². The number of hydrogen-bond acceptors (Lipinski definition) is 0. The highest BCUT2D eigenvalue weighted by atomic mass is 14.5. The Morgan fingerprint density at radius 3 is 1.23 bits per heavy atom. The zero-order valence-electron chi connectivity index (χ0n) is 15.6. The lowest BCUT2D eigenvalue weighted by Gasteiger charge is -2.48. The SMILES string of the molecule is CC1(C)C2=CC(C=C2)C(C)(C)C(C)(C)C2=CC(C=C2)C1(C)C. The molecular weight excluding hydrogens is 264 g/mol. The standard InChI is InChI=1S/C22H32/c1-19(2)15-9-10-17(13-15)21(5,6)22(7,8)18-12-11-16(14-18)20(19,3)4/h9-15,18H,1-8H3. The molecule has 0 heterocycles. The van der Waals surface area contributed by atoms with Crippen LogP contribution in [0.5, 0.6) is 0 Å². The van der Waals surface area contributed by atoms with Crippen molar-refractivity contribution in [2.24, 2.45) is 33.5 Å². The van der Waals surface area contributed by atoms with E-state index >= 15 is 0 Å². The lowest BCUT2D eigenvalue weighted by molar-refractivity contribution is 0.105. The van der Waals surface area contributed by atoms with Gasteiger partial charge < -0.3 is 0 Å². The first-order valence-corrected chi connectivity index (χ1v) is 8.73. The second-order valence-electron chi connectivity index (χ2n) is 9.71. The molecule has 0 nitrogen and oxygen atoms in total. The highest BCUT2D eigenvalue weighted by molar-refractivity contribution is 5.44. The third-order valence-electron chi connectivity index (χ3n) is 8.02. The van der Waals surface area contributed by atoms with Crippen molar-refractivity contribution in [3.05, 3.63) is 47.6 Å². The van der Waals surface area contributed by atoms with E-state index in [1.54, 1.807) is 0 Å². The number of rotatable bonds is 0. The van der Waals surface area contributed by atoms with E-state index < -0.39 is 0 Å². The molecule has 4 bridgehead atoms. The van der Waals surface area contributed by atoms with Gasteiger partial charge in [0.15, 0.2) is 0 Å². The molecule has 3 rings (SSSR count). The van der Waals surface area contributed by atoms with Crippen molar-refractivity contribution in [3.8, 4) is 0 Å². The van der Waals surface area contributed by atoms with E-state index in [9.17, 15) is 0 Å². The van der Waals surface area contributed by atoms with E-state index in [-0.39, 0.29) is 21.7 Å². The van der Waals surface area contributed by atoms with Gasteiger partial charge in [-0.15, -0.1) is 0 Å². The maximum atomic E-state index is 2.55. The van der Waals surface area contributed by atoms with E-state index in [2.05, 4.69) is 91.8 Å². The van der Waals surface area contributed by atoms with Gasteiger partial charge in [0.2, 0.25) is 0 Å². The van der Waals surface area contributed by atoms with Crippen molar-refractivity contribution < 1.29 is 0 Å². The number of allylic oxidation sites excluding steroid dienone is 8. The summed E-state index contributed by atoms with van der Waals surface area (Å²) in [6.07, 6.45) is 14.8. The Labute approximate surface area is 137 Å². The van der Waals surface area contributed by atoms with E-state index in [1.807, 2.05) is 0 Å².